The van der Waals surface area contributed by atoms with Gasteiger partial charge in [0.1, 0.15) is 29.3 Å². The van der Waals surface area contributed by atoms with Crippen LogP contribution in [-0.4, -0.2) is 70.3 Å². The molecule has 10 heteroatoms. The van der Waals surface area contributed by atoms with Crippen LogP contribution < -0.4 is 10.6 Å². The number of carbonyl (C=O) groups excluding carboxylic acids is 4. The second kappa shape index (κ2) is 15.3. The van der Waals surface area contributed by atoms with E-state index in [2.05, 4.69) is 10.6 Å². The second-order valence-electron chi connectivity index (χ2n) is 12.0. The van der Waals surface area contributed by atoms with E-state index in [0.29, 0.717) is 12.0 Å². The number of aliphatic hydroxyl groups excluding tert-OH is 1. The highest BCUT2D eigenvalue weighted by molar-refractivity contribution is 5.94. The van der Waals surface area contributed by atoms with Gasteiger partial charge in [-0.1, -0.05) is 67.6 Å². The third-order valence-corrected chi connectivity index (χ3v) is 5.88. The summed E-state index contributed by atoms with van der Waals surface area (Å²) >= 11 is 0. The van der Waals surface area contributed by atoms with Crippen LogP contribution in [0.4, 0.5) is 4.79 Å². The van der Waals surface area contributed by atoms with E-state index in [-0.39, 0.29) is 13.0 Å². The van der Waals surface area contributed by atoms with Crippen molar-refractivity contribution >= 4 is 23.9 Å². The minimum Gasteiger partial charge on any atom is -0.458 e. The summed E-state index contributed by atoms with van der Waals surface area (Å²) in [5.74, 6) is -1.89. The van der Waals surface area contributed by atoms with Crippen molar-refractivity contribution in [3.63, 3.8) is 0 Å². The average Bonchev–Trinajstić information content (AvgIpc) is 2.90. The first-order valence-electron chi connectivity index (χ1n) is 14.2. The molecule has 0 aliphatic rings. The number of alkyl carbamates (subject to hydrolysis) is 1. The Kier molecular flexibility index (Phi) is 12.5. The number of aliphatic hydroxyl groups is 1. The molecule has 2 aromatic carbocycles. The molecule has 42 heavy (non-hydrogen) atoms. The van der Waals surface area contributed by atoms with Crippen LogP contribution in [0.1, 0.15) is 72.1 Å². The second-order valence-corrected chi connectivity index (χ2v) is 12.0. The van der Waals surface area contributed by atoms with Crippen LogP contribution in [0.5, 0.6) is 0 Å². The van der Waals surface area contributed by atoms with Gasteiger partial charge < -0.3 is 30.1 Å². The molecule has 3 unspecified atom stereocenters. The van der Waals surface area contributed by atoms with Gasteiger partial charge in [-0.05, 0) is 59.1 Å². The lowest BCUT2D eigenvalue weighted by atomic mass is 10.0. The van der Waals surface area contributed by atoms with Crippen LogP contribution in [-0.2, 0) is 30.3 Å². The molecule has 0 aliphatic heterocycles. The van der Waals surface area contributed by atoms with Gasteiger partial charge in [0.2, 0.25) is 11.8 Å². The molecule has 3 N–H and O–H groups in total. The van der Waals surface area contributed by atoms with Crippen LogP contribution in [0.15, 0.2) is 60.7 Å². The predicted octanol–water partition coefficient (Wildman–Crippen LogP) is 3.92. The molecule has 0 fully saturated rings. The van der Waals surface area contributed by atoms with E-state index in [1.807, 2.05) is 37.3 Å². The number of carbonyl (C=O) groups is 4. The SMILES string of the molecule is CCCN(C(=O)C(CO)NC(=O)OC(C)(C)C)C(C(=O)NC(Cc1ccccc1)C(=O)OC(C)(C)C)c1ccccc1. The van der Waals surface area contributed by atoms with Crippen molar-refractivity contribution in [3.8, 4) is 0 Å². The lowest BCUT2D eigenvalue weighted by Gasteiger charge is -2.35. The van der Waals surface area contributed by atoms with Gasteiger partial charge >= 0.3 is 12.1 Å². The predicted molar refractivity (Wildman–Crippen MR) is 159 cm³/mol. The smallest absolute Gasteiger partial charge is 0.408 e. The summed E-state index contributed by atoms with van der Waals surface area (Å²) in [4.78, 5) is 54.9. The Morgan fingerprint density at radius 1 is 0.810 bits per heavy atom. The van der Waals surface area contributed by atoms with Crippen molar-refractivity contribution in [2.45, 2.75) is 90.6 Å². The zero-order chi connectivity index (χ0) is 31.5. The topological polar surface area (TPSA) is 134 Å². The number of hydrogen-bond acceptors (Lipinski definition) is 7. The van der Waals surface area contributed by atoms with Crippen LogP contribution in [0.25, 0.3) is 0 Å². The minimum atomic E-state index is -1.36. The molecule has 3 amide bonds. The molecule has 2 rings (SSSR count). The zero-order valence-electron chi connectivity index (χ0n) is 25.7. The normalized spacial score (nSPS) is 13.7. The first kappa shape index (κ1) is 34.3. The van der Waals surface area contributed by atoms with Crippen LogP contribution in [0.2, 0.25) is 0 Å². The third-order valence-electron chi connectivity index (χ3n) is 5.88. The van der Waals surface area contributed by atoms with E-state index in [9.17, 15) is 24.3 Å². The van der Waals surface area contributed by atoms with E-state index >= 15 is 0 Å². The molecule has 0 radical (unpaired) electrons. The van der Waals surface area contributed by atoms with Gasteiger partial charge in [-0.25, -0.2) is 9.59 Å². The van der Waals surface area contributed by atoms with Gasteiger partial charge in [0.15, 0.2) is 0 Å². The molecule has 0 saturated heterocycles. The Labute approximate surface area is 248 Å². The zero-order valence-corrected chi connectivity index (χ0v) is 25.7. The van der Waals surface area contributed by atoms with Gasteiger partial charge in [-0.2, -0.15) is 0 Å². The number of ether oxygens (including phenoxy) is 2. The number of hydrogen-bond donors (Lipinski definition) is 3. The highest BCUT2D eigenvalue weighted by Crippen LogP contribution is 2.24. The Bertz CT molecular complexity index is 1170. The molecule has 2 aromatic rings. The highest BCUT2D eigenvalue weighted by atomic mass is 16.6. The number of nitrogens with zero attached hydrogens (tertiary/aromatic N) is 1. The Morgan fingerprint density at radius 2 is 1.36 bits per heavy atom. The molecule has 0 bridgehead atoms. The lowest BCUT2D eigenvalue weighted by molar-refractivity contribution is -0.159. The van der Waals surface area contributed by atoms with Gasteiger partial charge in [0.25, 0.3) is 0 Å². The fourth-order valence-electron chi connectivity index (χ4n) is 4.22. The summed E-state index contributed by atoms with van der Waals surface area (Å²) in [6, 6.07) is 14.3. The number of benzene rings is 2. The van der Waals surface area contributed by atoms with Crippen molar-refractivity contribution in [2.24, 2.45) is 0 Å². The van der Waals surface area contributed by atoms with Gasteiger partial charge in [0, 0.05) is 13.0 Å². The largest absolute Gasteiger partial charge is 0.458 e. The molecular formula is C32H45N3O7. The molecule has 0 saturated carbocycles. The van der Waals surface area contributed by atoms with Crippen molar-refractivity contribution in [2.75, 3.05) is 13.2 Å². The number of nitrogens with one attached hydrogen (secondary N) is 2. The Morgan fingerprint density at radius 3 is 1.86 bits per heavy atom. The molecule has 0 heterocycles. The fraction of sp³-hybridized carbons (Fsp3) is 0.500. The Hall–Kier alpha value is -3.92. The molecule has 10 nitrogen and oxygen atoms in total. The van der Waals surface area contributed by atoms with Gasteiger partial charge in [-0.3, -0.25) is 9.59 Å². The van der Waals surface area contributed by atoms with E-state index in [1.54, 1.807) is 71.9 Å². The molecule has 0 aromatic heterocycles. The minimum absolute atomic E-state index is 0.133. The van der Waals surface area contributed by atoms with Crippen molar-refractivity contribution < 1.29 is 33.8 Å². The van der Waals surface area contributed by atoms with Crippen molar-refractivity contribution in [1.29, 1.82) is 0 Å². The van der Waals surface area contributed by atoms with E-state index in [0.717, 1.165) is 5.56 Å². The Balaban J connectivity index is 2.47. The molecular weight excluding hydrogens is 538 g/mol. The number of rotatable bonds is 12. The molecule has 0 aliphatic carbocycles. The van der Waals surface area contributed by atoms with Gasteiger partial charge in [0.05, 0.1) is 6.61 Å². The molecule has 3 atom stereocenters. The van der Waals surface area contributed by atoms with Crippen molar-refractivity contribution in [3.05, 3.63) is 71.8 Å². The average molecular weight is 584 g/mol. The van der Waals surface area contributed by atoms with Crippen LogP contribution in [0, 0.1) is 0 Å². The lowest BCUT2D eigenvalue weighted by Crippen LogP contribution is -2.56. The maximum Gasteiger partial charge on any atom is 0.408 e. The van der Waals surface area contributed by atoms with E-state index in [1.165, 1.54) is 4.90 Å². The first-order valence-corrected chi connectivity index (χ1v) is 14.2. The summed E-state index contributed by atoms with van der Waals surface area (Å²) in [5.41, 5.74) is -0.304. The summed E-state index contributed by atoms with van der Waals surface area (Å²) in [5, 5.41) is 15.3. The van der Waals surface area contributed by atoms with E-state index in [4.69, 9.17) is 9.47 Å². The quantitative estimate of drug-likeness (QED) is 0.323. The van der Waals surface area contributed by atoms with Gasteiger partial charge in [-0.15, -0.1) is 0 Å². The summed E-state index contributed by atoms with van der Waals surface area (Å²) in [7, 11) is 0. The monoisotopic (exact) mass is 583 g/mol. The summed E-state index contributed by atoms with van der Waals surface area (Å²) in [6.45, 7) is 11.5. The number of amides is 3. The summed E-state index contributed by atoms with van der Waals surface area (Å²) in [6.07, 6.45) is -0.226. The molecule has 230 valence electrons. The standard InChI is InChI=1S/C32H45N3O7/c1-8-19-35(28(38)25(21-36)34-30(40)42-32(5,6)7)26(23-17-13-10-14-18-23)27(37)33-24(29(39)41-31(2,3)4)20-22-15-11-9-12-16-22/h9-18,24-26,36H,8,19-21H2,1-7H3,(H,33,37)(H,34,40). The maximum absolute atomic E-state index is 14.1. The van der Waals surface area contributed by atoms with Crippen LogP contribution in [0.3, 0.4) is 0 Å². The van der Waals surface area contributed by atoms with Crippen molar-refractivity contribution in [1.82, 2.24) is 15.5 Å². The summed E-state index contributed by atoms with van der Waals surface area (Å²) < 4.78 is 10.9. The fourth-order valence-corrected chi connectivity index (χ4v) is 4.22. The van der Waals surface area contributed by atoms with E-state index < -0.39 is 59.8 Å². The number of esters is 1. The maximum atomic E-state index is 14.1. The molecule has 0 spiro atoms. The third kappa shape index (κ3) is 11.2. The highest BCUT2D eigenvalue weighted by Gasteiger charge is 2.37. The van der Waals surface area contributed by atoms with Crippen LogP contribution >= 0.6 is 0 Å². The first-order chi connectivity index (χ1) is 19.6.